The van der Waals surface area contributed by atoms with Gasteiger partial charge in [0.05, 0.1) is 0 Å². The van der Waals surface area contributed by atoms with E-state index in [1.807, 2.05) is 6.07 Å². The zero-order valence-corrected chi connectivity index (χ0v) is 9.87. The van der Waals surface area contributed by atoms with E-state index >= 15 is 0 Å². The smallest absolute Gasteiger partial charge is 0.0437 e. The van der Waals surface area contributed by atoms with Gasteiger partial charge in [-0.15, -0.1) is 11.8 Å². The second-order valence-corrected chi connectivity index (χ2v) is 4.86. The van der Waals surface area contributed by atoms with Crippen molar-refractivity contribution in [1.29, 1.82) is 0 Å². The molecule has 0 saturated carbocycles. The summed E-state index contributed by atoms with van der Waals surface area (Å²) >= 11 is 7.81. The van der Waals surface area contributed by atoms with E-state index < -0.39 is 0 Å². The van der Waals surface area contributed by atoms with Crippen LogP contribution >= 0.6 is 23.4 Å². The van der Waals surface area contributed by atoms with Gasteiger partial charge in [-0.1, -0.05) is 11.6 Å². The fourth-order valence-corrected chi connectivity index (χ4v) is 2.60. The van der Waals surface area contributed by atoms with Crippen molar-refractivity contribution in [2.24, 2.45) is 0 Å². The Labute approximate surface area is 94.4 Å². The minimum absolute atomic E-state index is 0.846. The molecule has 0 bridgehead atoms. The van der Waals surface area contributed by atoms with Crippen LogP contribution < -0.4 is 4.90 Å². The van der Waals surface area contributed by atoms with Gasteiger partial charge in [0, 0.05) is 28.7 Å². The van der Waals surface area contributed by atoms with E-state index in [4.69, 9.17) is 11.6 Å². The fourth-order valence-electron chi connectivity index (χ4n) is 1.82. The molecule has 1 heterocycles. The molecule has 1 aromatic rings. The van der Waals surface area contributed by atoms with Crippen molar-refractivity contribution in [3.63, 3.8) is 0 Å². The lowest BCUT2D eigenvalue weighted by atomic mass is 10.3. The minimum Gasteiger partial charge on any atom is -0.371 e. The molecule has 1 nitrogen and oxygen atoms in total. The third-order valence-electron chi connectivity index (χ3n) is 2.56. The highest BCUT2D eigenvalue weighted by Crippen LogP contribution is 2.29. The van der Waals surface area contributed by atoms with E-state index in [0.717, 1.165) is 5.02 Å². The van der Waals surface area contributed by atoms with E-state index in [2.05, 4.69) is 23.3 Å². The zero-order valence-electron chi connectivity index (χ0n) is 8.29. The molecule has 0 aromatic heterocycles. The fraction of sp³-hybridized carbons (Fsp3) is 0.455. The molecule has 0 N–H and O–H groups in total. The van der Waals surface area contributed by atoms with E-state index in [-0.39, 0.29) is 0 Å². The molecule has 14 heavy (non-hydrogen) atoms. The Bertz CT molecular complexity index is 321. The van der Waals surface area contributed by atoms with Crippen molar-refractivity contribution in [3.8, 4) is 0 Å². The Morgan fingerprint density at radius 1 is 1.21 bits per heavy atom. The number of thioether (sulfide) groups is 1. The maximum Gasteiger partial charge on any atom is 0.0437 e. The predicted molar refractivity (Wildman–Crippen MR) is 64.7 cm³/mol. The highest BCUT2D eigenvalue weighted by molar-refractivity contribution is 7.98. The Morgan fingerprint density at radius 3 is 2.57 bits per heavy atom. The molecule has 0 radical (unpaired) electrons. The summed E-state index contributed by atoms with van der Waals surface area (Å²) in [4.78, 5) is 3.66. The maximum atomic E-state index is 6.07. The number of hydrogen-bond acceptors (Lipinski definition) is 2. The summed E-state index contributed by atoms with van der Waals surface area (Å²) in [6.45, 7) is 2.35. The summed E-state index contributed by atoms with van der Waals surface area (Å²) in [6.07, 6.45) is 4.70. The summed E-state index contributed by atoms with van der Waals surface area (Å²) in [6, 6.07) is 6.31. The summed E-state index contributed by atoms with van der Waals surface area (Å²) in [5.41, 5.74) is 1.28. The van der Waals surface area contributed by atoms with Gasteiger partial charge in [0.2, 0.25) is 0 Å². The van der Waals surface area contributed by atoms with Crippen LogP contribution in [0.15, 0.2) is 23.1 Å². The van der Waals surface area contributed by atoms with Crippen LogP contribution in [0.2, 0.25) is 5.02 Å². The van der Waals surface area contributed by atoms with Crippen molar-refractivity contribution in [2.45, 2.75) is 17.7 Å². The largest absolute Gasteiger partial charge is 0.371 e. The molecule has 2 rings (SSSR count). The number of rotatable bonds is 2. The van der Waals surface area contributed by atoms with Crippen LogP contribution in [0.1, 0.15) is 12.8 Å². The van der Waals surface area contributed by atoms with Gasteiger partial charge in [-0.2, -0.15) is 0 Å². The molecule has 1 saturated heterocycles. The third kappa shape index (κ3) is 2.18. The average Bonchev–Trinajstić information content (AvgIpc) is 2.69. The van der Waals surface area contributed by atoms with Crippen molar-refractivity contribution in [3.05, 3.63) is 23.2 Å². The molecule has 0 atom stereocenters. The van der Waals surface area contributed by atoms with Crippen LogP contribution in [0.5, 0.6) is 0 Å². The predicted octanol–water partition coefficient (Wildman–Crippen LogP) is 3.66. The molecule has 76 valence electrons. The molecule has 0 unspecified atom stereocenters. The van der Waals surface area contributed by atoms with Gasteiger partial charge in [0.15, 0.2) is 0 Å². The van der Waals surface area contributed by atoms with E-state index in [9.17, 15) is 0 Å². The molecule has 0 spiro atoms. The van der Waals surface area contributed by atoms with Crippen molar-refractivity contribution in [1.82, 2.24) is 0 Å². The van der Waals surface area contributed by atoms with Crippen LogP contribution in [-0.4, -0.2) is 19.3 Å². The van der Waals surface area contributed by atoms with Gasteiger partial charge >= 0.3 is 0 Å². The molecule has 1 aliphatic rings. The van der Waals surface area contributed by atoms with Gasteiger partial charge in [-0.25, -0.2) is 0 Å². The van der Waals surface area contributed by atoms with Gasteiger partial charge < -0.3 is 4.90 Å². The molecular formula is C11H14ClNS. The van der Waals surface area contributed by atoms with Crippen LogP contribution in [0.25, 0.3) is 0 Å². The maximum absolute atomic E-state index is 6.07. The van der Waals surface area contributed by atoms with Gasteiger partial charge in [0.1, 0.15) is 0 Å². The first-order chi connectivity index (χ1) is 6.79. The van der Waals surface area contributed by atoms with Crippen LogP contribution in [0.4, 0.5) is 5.69 Å². The Kier molecular flexibility index (Phi) is 3.24. The topological polar surface area (TPSA) is 3.24 Å². The first kappa shape index (κ1) is 10.2. The number of hydrogen-bond donors (Lipinski definition) is 0. The summed E-state index contributed by atoms with van der Waals surface area (Å²) in [7, 11) is 0. The first-order valence-electron chi connectivity index (χ1n) is 4.89. The summed E-state index contributed by atoms with van der Waals surface area (Å²) < 4.78 is 0. The highest BCUT2D eigenvalue weighted by atomic mass is 35.5. The normalized spacial score (nSPS) is 16.3. The van der Waals surface area contributed by atoms with Crippen molar-refractivity contribution in [2.75, 3.05) is 24.2 Å². The van der Waals surface area contributed by atoms with E-state index in [1.165, 1.54) is 36.5 Å². The second kappa shape index (κ2) is 4.45. The molecule has 0 aliphatic carbocycles. The summed E-state index contributed by atoms with van der Waals surface area (Å²) in [5.74, 6) is 0. The first-order valence-corrected chi connectivity index (χ1v) is 6.49. The molecule has 3 heteroatoms. The molecule has 0 amide bonds. The van der Waals surface area contributed by atoms with Crippen molar-refractivity contribution >= 4 is 29.1 Å². The molecule has 1 aliphatic heterocycles. The van der Waals surface area contributed by atoms with Crippen LogP contribution in [0, 0.1) is 0 Å². The lowest BCUT2D eigenvalue weighted by molar-refractivity contribution is 0.949. The number of nitrogens with zero attached hydrogens (tertiary/aromatic N) is 1. The molecule has 1 fully saturated rings. The van der Waals surface area contributed by atoms with Crippen LogP contribution in [-0.2, 0) is 0 Å². The SMILES string of the molecule is CSc1cc(Cl)cc(N2CCCC2)c1. The quantitative estimate of drug-likeness (QED) is 0.710. The average molecular weight is 228 g/mol. The molecular weight excluding hydrogens is 214 g/mol. The number of halogens is 1. The van der Waals surface area contributed by atoms with E-state index in [0.29, 0.717) is 0 Å². The Hall–Kier alpha value is -0.340. The summed E-state index contributed by atoms with van der Waals surface area (Å²) in [5, 5.41) is 0.846. The zero-order chi connectivity index (χ0) is 9.97. The Morgan fingerprint density at radius 2 is 1.93 bits per heavy atom. The van der Waals surface area contributed by atoms with Crippen LogP contribution in [0.3, 0.4) is 0 Å². The van der Waals surface area contributed by atoms with E-state index in [1.54, 1.807) is 11.8 Å². The van der Waals surface area contributed by atoms with Gasteiger partial charge in [0.25, 0.3) is 0 Å². The number of anilines is 1. The molecule has 1 aromatic carbocycles. The second-order valence-electron chi connectivity index (χ2n) is 3.54. The lowest BCUT2D eigenvalue weighted by Gasteiger charge is -2.18. The standard InChI is InChI=1S/C11H14ClNS/c1-14-11-7-9(12)6-10(8-11)13-4-2-3-5-13/h6-8H,2-5H2,1H3. The number of benzene rings is 1. The monoisotopic (exact) mass is 227 g/mol. The minimum atomic E-state index is 0.846. The Balaban J connectivity index is 2.27. The van der Waals surface area contributed by atoms with Crippen molar-refractivity contribution < 1.29 is 0 Å². The van der Waals surface area contributed by atoms with Gasteiger partial charge in [-0.3, -0.25) is 0 Å². The third-order valence-corrected chi connectivity index (χ3v) is 3.49. The van der Waals surface area contributed by atoms with Gasteiger partial charge in [-0.05, 0) is 37.3 Å². The lowest BCUT2D eigenvalue weighted by Crippen LogP contribution is -2.17. The highest BCUT2D eigenvalue weighted by Gasteiger charge is 2.13.